The topological polar surface area (TPSA) is 67.3 Å². The predicted molar refractivity (Wildman–Crippen MR) is 80.5 cm³/mol. The molecule has 2 aromatic rings. The van der Waals surface area contributed by atoms with Gasteiger partial charge in [-0.25, -0.2) is 4.98 Å². The Morgan fingerprint density at radius 3 is 3.05 bits per heavy atom. The Morgan fingerprint density at radius 1 is 1.38 bits per heavy atom. The van der Waals surface area contributed by atoms with E-state index in [1.54, 1.807) is 13.3 Å². The van der Waals surface area contributed by atoms with Gasteiger partial charge in [0.2, 0.25) is 5.95 Å². The van der Waals surface area contributed by atoms with Crippen molar-refractivity contribution in [2.75, 3.05) is 30.9 Å². The van der Waals surface area contributed by atoms with Crippen LogP contribution in [0.2, 0.25) is 0 Å². The number of anilines is 3. The Balaban J connectivity index is 1.90. The number of hydrogen-bond acceptors (Lipinski definition) is 6. The maximum atomic E-state index is 11.8. The van der Waals surface area contributed by atoms with Crippen molar-refractivity contribution >= 4 is 23.2 Å². The lowest BCUT2D eigenvalue weighted by Gasteiger charge is -2.25. The number of nitrogens with zero attached hydrogens (tertiary/aromatic N) is 3. The fraction of sp³-hybridized carbons (Fsp3) is 0.267. The van der Waals surface area contributed by atoms with E-state index in [1.807, 2.05) is 36.2 Å². The molecule has 1 aliphatic rings. The Hall–Kier alpha value is -2.63. The van der Waals surface area contributed by atoms with E-state index in [9.17, 15) is 4.79 Å². The van der Waals surface area contributed by atoms with Crippen molar-refractivity contribution in [3.05, 3.63) is 36.0 Å². The van der Waals surface area contributed by atoms with Gasteiger partial charge in [0.25, 0.3) is 0 Å². The second-order valence-electron chi connectivity index (χ2n) is 4.88. The highest BCUT2D eigenvalue weighted by Crippen LogP contribution is 2.25. The van der Waals surface area contributed by atoms with Crippen LogP contribution in [-0.4, -0.2) is 36.5 Å². The molecule has 0 spiro atoms. The molecular weight excluding hydrogens is 268 g/mol. The van der Waals surface area contributed by atoms with Gasteiger partial charge in [0.05, 0.1) is 12.7 Å². The van der Waals surface area contributed by atoms with E-state index in [4.69, 9.17) is 4.74 Å². The molecule has 2 heterocycles. The minimum atomic E-state index is 0.0935. The van der Waals surface area contributed by atoms with E-state index in [-0.39, 0.29) is 5.78 Å². The number of nitrogens with one attached hydrogen (secondary N) is 1. The first kappa shape index (κ1) is 13.4. The summed E-state index contributed by atoms with van der Waals surface area (Å²) in [7, 11) is 3.54. The molecule has 0 bridgehead atoms. The van der Waals surface area contributed by atoms with E-state index >= 15 is 0 Å². The third-order valence-corrected chi connectivity index (χ3v) is 3.43. The van der Waals surface area contributed by atoms with Crippen molar-refractivity contribution < 1.29 is 9.53 Å². The van der Waals surface area contributed by atoms with E-state index in [0.717, 1.165) is 11.4 Å². The van der Waals surface area contributed by atoms with Gasteiger partial charge < -0.3 is 15.0 Å². The molecule has 1 aliphatic heterocycles. The predicted octanol–water partition coefficient (Wildman–Crippen LogP) is 2.25. The zero-order chi connectivity index (χ0) is 14.8. The van der Waals surface area contributed by atoms with Gasteiger partial charge >= 0.3 is 0 Å². The van der Waals surface area contributed by atoms with Gasteiger partial charge in [0.1, 0.15) is 11.6 Å². The summed E-state index contributed by atoms with van der Waals surface area (Å²) in [5, 5.41) is 3.12. The maximum Gasteiger partial charge on any atom is 0.229 e. The number of fused-ring (bicyclic) bond motifs is 1. The maximum absolute atomic E-state index is 11.8. The smallest absolute Gasteiger partial charge is 0.229 e. The molecule has 1 N–H and O–H groups in total. The van der Waals surface area contributed by atoms with Crippen LogP contribution >= 0.6 is 0 Å². The zero-order valence-electron chi connectivity index (χ0n) is 12.0. The Labute approximate surface area is 122 Å². The van der Waals surface area contributed by atoms with Crippen LogP contribution in [0.3, 0.4) is 0 Å². The van der Waals surface area contributed by atoms with Crippen LogP contribution in [0, 0.1) is 0 Å². The summed E-state index contributed by atoms with van der Waals surface area (Å²) in [6.07, 6.45) is 2.10. The second kappa shape index (κ2) is 5.40. The van der Waals surface area contributed by atoms with Gasteiger partial charge in [-0.2, -0.15) is 4.98 Å². The number of benzene rings is 1. The number of aromatic nitrogens is 2. The van der Waals surface area contributed by atoms with Crippen LogP contribution in [0.1, 0.15) is 16.8 Å². The minimum Gasteiger partial charge on any atom is -0.497 e. The van der Waals surface area contributed by atoms with Crippen molar-refractivity contribution in [1.82, 2.24) is 9.97 Å². The molecule has 0 unspecified atom stereocenters. The second-order valence-corrected chi connectivity index (χ2v) is 4.88. The summed E-state index contributed by atoms with van der Waals surface area (Å²) in [5.41, 5.74) is 1.42. The molecule has 1 aromatic heterocycles. The van der Waals surface area contributed by atoms with Crippen LogP contribution < -0.4 is 15.0 Å². The first-order chi connectivity index (χ1) is 10.2. The average Bonchev–Trinajstić information content (AvgIpc) is 2.51. The van der Waals surface area contributed by atoms with E-state index in [1.165, 1.54) is 0 Å². The van der Waals surface area contributed by atoms with Crippen LogP contribution in [0.5, 0.6) is 5.75 Å². The van der Waals surface area contributed by atoms with Gasteiger partial charge in [0.15, 0.2) is 5.78 Å². The van der Waals surface area contributed by atoms with Gasteiger partial charge in [-0.15, -0.1) is 0 Å². The quantitative estimate of drug-likeness (QED) is 0.932. The third-order valence-electron chi connectivity index (χ3n) is 3.43. The lowest BCUT2D eigenvalue weighted by molar-refractivity contribution is 0.0979. The molecule has 0 amide bonds. The van der Waals surface area contributed by atoms with Crippen LogP contribution in [-0.2, 0) is 0 Å². The fourth-order valence-electron chi connectivity index (χ4n) is 2.26. The van der Waals surface area contributed by atoms with Crippen molar-refractivity contribution in [3.8, 4) is 5.75 Å². The number of ether oxygens (including phenoxy) is 1. The molecule has 21 heavy (non-hydrogen) atoms. The summed E-state index contributed by atoms with van der Waals surface area (Å²) in [6, 6.07) is 7.51. The monoisotopic (exact) mass is 284 g/mol. The van der Waals surface area contributed by atoms with Gasteiger partial charge in [-0.05, 0) is 12.1 Å². The number of methoxy groups -OCH3 is 1. The highest BCUT2D eigenvalue weighted by atomic mass is 16.5. The molecule has 0 saturated carbocycles. The first-order valence-electron chi connectivity index (χ1n) is 6.70. The van der Waals surface area contributed by atoms with Crippen LogP contribution in [0.15, 0.2) is 30.5 Å². The highest BCUT2D eigenvalue weighted by molar-refractivity contribution is 6.02. The molecule has 0 aliphatic carbocycles. The molecule has 6 nitrogen and oxygen atoms in total. The van der Waals surface area contributed by atoms with Crippen LogP contribution in [0.25, 0.3) is 0 Å². The normalized spacial score (nSPS) is 13.8. The van der Waals surface area contributed by atoms with Crippen LogP contribution in [0.4, 0.5) is 17.5 Å². The molecule has 1 aromatic carbocycles. The number of rotatable bonds is 3. The van der Waals surface area contributed by atoms with Crippen molar-refractivity contribution in [3.63, 3.8) is 0 Å². The van der Waals surface area contributed by atoms with E-state index < -0.39 is 0 Å². The van der Waals surface area contributed by atoms with Gasteiger partial charge in [0, 0.05) is 38.0 Å². The third kappa shape index (κ3) is 2.65. The number of Topliss-reactive ketones (excluding diaryl/α,β-unsaturated/α-hetero) is 1. The largest absolute Gasteiger partial charge is 0.497 e. The number of carbonyl (C=O) groups is 1. The standard InChI is InChI=1S/C15H16N4O2/c1-19-7-6-13(20)12-9-16-15(18-14(12)19)17-10-4-3-5-11(8-10)21-2/h3-5,8-9H,6-7H2,1-2H3,(H,16,17,18). The van der Waals surface area contributed by atoms with Crippen molar-refractivity contribution in [2.24, 2.45) is 0 Å². The Bertz CT molecular complexity index is 687. The van der Waals surface area contributed by atoms with Gasteiger partial charge in [-0.1, -0.05) is 6.07 Å². The summed E-state index contributed by atoms with van der Waals surface area (Å²) >= 11 is 0. The Morgan fingerprint density at radius 2 is 2.24 bits per heavy atom. The van der Waals surface area contributed by atoms with E-state index in [2.05, 4.69) is 15.3 Å². The lowest BCUT2D eigenvalue weighted by Crippen LogP contribution is -2.29. The zero-order valence-corrected chi connectivity index (χ0v) is 12.0. The molecular formula is C15H16N4O2. The average molecular weight is 284 g/mol. The highest BCUT2D eigenvalue weighted by Gasteiger charge is 2.23. The fourth-order valence-corrected chi connectivity index (χ4v) is 2.26. The summed E-state index contributed by atoms with van der Waals surface area (Å²) in [5.74, 6) is 1.98. The number of ketones is 1. The van der Waals surface area contributed by atoms with Crippen molar-refractivity contribution in [2.45, 2.75) is 6.42 Å². The first-order valence-corrected chi connectivity index (χ1v) is 6.70. The SMILES string of the molecule is COc1cccc(Nc2ncc3c(n2)N(C)CCC3=O)c1. The summed E-state index contributed by atoms with van der Waals surface area (Å²) in [4.78, 5) is 22.5. The molecule has 0 saturated heterocycles. The molecule has 6 heteroatoms. The number of carbonyl (C=O) groups excluding carboxylic acids is 1. The summed E-state index contributed by atoms with van der Waals surface area (Å²) < 4.78 is 5.18. The molecule has 0 fully saturated rings. The summed E-state index contributed by atoms with van der Waals surface area (Å²) in [6.45, 7) is 0.682. The molecule has 0 radical (unpaired) electrons. The van der Waals surface area contributed by atoms with Gasteiger partial charge in [-0.3, -0.25) is 4.79 Å². The van der Waals surface area contributed by atoms with E-state index in [0.29, 0.717) is 30.3 Å². The number of hydrogen-bond donors (Lipinski definition) is 1. The molecule has 108 valence electrons. The van der Waals surface area contributed by atoms with Crippen molar-refractivity contribution in [1.29, 1.82) is 0 Å². The molecule has 0 atom stereocenters. The minimum absolute atomic E-state index is 0.0935. The lowest BCUT2D eigenvalue weighted by atomic mass is 10.1. The molecule has 3 rings (SSSR count). The Kier molecular flexibility index (Phi) is 3.43.